The zero-order valence-corrected chi connectivity index (χ0v) is 12.5. The minimum absolute atomic E-state index is 0.114. The quantitative estimate of drug-likeness (QED) is 0.877. The number of nitrogens with zero attached hydrogens (tertiary/aromatic N) is 1. The first-order chi connectivity index (χ1) is 8.93. The van der Waals surface area contributed by atoms with Gasteiger partial charge in [-0.05, 0) is 45.7 Å². The van der Waals surface area contributed by atoms with Crippen molar-refractivity contribution in [3.05, 3.63) is 29.3 Å². The smallest absolute Gasteiger partial charge is 0.0451 e. The van der Waals surface area contributed by atoms with Gasteiger partial charge in [-0.25, -0.2) is 0 Å². The van der Waals surface area contributed by atoms with Gasteiger partial charge in [0.15, 0.2) is 0 Å². The predicted molar refractivity (Wildman–Crippen MR) is 80.8 cm³/mol. The van der Waals surface area contributed by atoms with Gasteiger partial charge >= 0.3 is 0 Å². The molecule has 19 heavy (non-hydrogen) atoms. The van der Waals surface area contributed by atoms with Crippen LogP contribution in [-0.4, -0.2) is 36.4 Å². The van der Waals surface area contributed by atoms with Crippen LogP contribution in [0.5, 0.6) is 0 Å². The molecule has 1 aliphatic heterocycles. The molecule has 3 heteroatoms. The van der Waals surface area contributed by atoms with Crippen LogP contribution < -0.4 is 10.2 Å². The van der Waals surface area contributed by atoms with Crippen molar-refractivity contribution in [3.63, 3.8) is 0 Å². The van der Waals surface area contributed by atoms with E-state index in [1.54, 1.807) is 0 Å². The van der Waals surface area contributed by atoms with Crippen molar-refractivity contribution in [2.75, 3.05) is 24.6 Å². The second kappa shape index (κ2) is 5.51. The summed E-state index contributed by atoms with van der Waals surface area (Å²) in [5, 5.41) is 12.8. The van der Waals surface area contributed by atoms with Crippen molar-refractivity contribution in [2.45, 2.75) is 45.7 Å². The van der Waals surface area contributed by atoms with E-state index < -0.39 is 0 Å². The van der Waals surface area contributed by atoms with Crippen LogP contribution in [-0.2, 0) is 0 Å². The highest BCUT2D eigenvalue weighted by Crippen LogP contribution is 2.28. The van der Waals surface area contributed by atoms with Crippen LogP contribution in [0.25, 0.3) is 0 Å². The van der Waals surface area contributed by atoms with E-state index in [9.17, 15) is 5.11 Å². The Morgan fingerprint density at radius 3 is 2.74 bits per heavy atom. The lowest BCUT2D eigenvalue weighted by Crippen LogP contribution is -2.62. The normalized spacial score (nSPS) is 22.6. The Kier molecular flexibility index (Phi) is 4.16. The number of rotatable bonds is 3. The molecule has 0 aliphatic carbocycles. The fourth-order valence-corrected chi connectivity index (χ4v) is 2.93. The van der Waals surface area contributed by atoms with Crippen LogP contribution in [0.2, 0.25) is 0 Å². The first-order valence-corrected chi connectivity index (χ1v) is 7.13. The van der Waals surface area contributed by atoms with Gasteiger partial charge in [-0.15, -0.1) is 0 Å². The summed E-state index contributed by atoms with van der Waals surface area (Å²) in [7, 11) is 0. The molecular weight excluding hydrogens is 236 g/mol. The third kappa shape index (κ3) is 3.28. The Balaban J connectivity index is 2.30. The van der Waals surface area contributed by atoms with E-state index in [4.69, 9.17) is 0 Å². The maximum absolute atomic E-state index is 9.27. The average Bonchev–Trinajstić information content (AvgIpc) is 2.32. The van der Waals surface area contributed by atoms with E-state index in [-0.39, 0.29) is 12.1 Å². The zero-order valence-electron chi connectivity index (χ0n) is 12.5. The van der Waals surface area contributed by atoms with Gasteiger partial charge in [0.05, 0.1) is 0 Å². The molecule has 1 saturated heterocycles. The Morgan fingerprint density at radius 2 is 2.11 bits per heavy atom. The summed E-state index contributed by atoms with van der Waals surface area (Å²) < 4.78 is 0. The van der Waals surface area contributed by atoms with Gasteiger partial charge in [-0.2, -0.15) is 0 Å². The molecule has 3 nitrogen and oxygen atoms in total. The third-order valence-corrected chi connectivity index (χ3v) is 3.95. The topological polar surface area (TPSA) is 35.5 Å². The van der Waals surface area contributed by atoms with Gasteiger partial charge in [0.1, 0.15) is 0 Å². The molecule has 1 atom stereocenters. The molecule has 0 bridgehead atoms. The minimum Gasteiger partial charge on any atom is -0.396 e. The van der Waals surface area contributed by atoms with Crippen molar-refractivity contribution in [1.82, 2.24) is 5.32 Å². The molecule has 1 aromatic rings. The standard InChI is InChI=1S/C16H26N2O/c1-12-5-6-15(13(2)9-12)18-11-16(3,4)17-10-14(18)7-8-19/h5-6,9,14,17,19H,7-8,10-11H2,1-4H3. The van der Waals surface area contributed by atoms with E-state index in [2.05, 4.69) is 56.1 Å². The van der Waals surface area contributed by atoms with Crippen LogP contribution in [0, 0.1) is 13.8 Å². The lowest BCUT2D eigenvalue weighted by atomic mass is 9.95. The number of nitrogens with one attached hydrogen (secondary N) is 1. The highest BCUT2D eigenvalue weighted by atomic mass is 16.3. The van der Waals surface area contributed by atoms with Crippen LogP contribution in [0.3, 0.4) is 0 Å². The molecular formula is C16H26N2O. The first-order valence-electron chi connectivity index (χ1n) is 7.13. The molecule has 1 aromatic carbocycles. The van der Waals surface area contributed by atoms with Gasteiger partial charge in [0.25, 0.3) is 0 Å². The number of hydrogen-bond acceptors (Lipinski definition) is 3. The van der Waals surface area contributed by atoms with E-state index in [1.807, 2.05) is 0 Å². The van der Waals surface area contributed by atoms with Crippen molar-refractivity contribution in [1.29, 1.82) is 0 Å². The SMILES string of the molecule is Cc1ccc(N2CC(C)(C)NCC2CCO)c(C)c1. The Hall–Kier alpha value is -1.06. The number of aliphatic hydroxyl groups is 1. The van der Waals surface area contributed by atoms with E-state index in [0.717, 1.165) is 19.5 Å². The highest BCUT2D eigenvalue weighted by molar-refractivity contribution is 5.56. The summed E-state index contributed by atoms with van der Waals surface area (Å²) in [6.45, 7) is 10.9. The summed E-state index contributed by atoms with van der Waals surface area (Å²) in [6, 6.07) is 7.00. The summed E-state index contributed by atoms with van der Waals surface area (Å²) in [6.07, 6.45) is 0.816. The number of anilines is 1. The van der Waals surface area contributed by atoms with Crippen molar-refractivity contribution in [2.24, 2.45) is 0 Å². The molecule has 0 saturated carbocycles. The average molecular weight is 262 g/mol. The lowest BCUT2D eigenvalue weighted by Gasteiger charge is -2.46. The molecule has 1 unspecified atom stereocenters. The van der Waals surface area contributed by atoms with Gasteiger partial charge in [0.2, 0.25) is 0 Å². The van der Waals surface area contributed by atoms with Crippen molar-refractivity contribution >= 4 is 5.69 Å². The number of hydrogen-bond donors (Lipinski definition) is 2. The molecule has 106 valence electrons. The van der Waals surface area contributed by atoms with Crippen LogP contribution >= 0.6 is 0 Å². The van der Waals surface area contributed by atoms with Gasteiger partial charge in [0, 0.05) is 37.0 Å². The Labute approximate surface area is 116 Å². The number of piperazine rings is 1. The molecule has 1 fully saturated rings. The lowest BCUT2D eigenvalue weighted by molar-refractivity contribution is 0.241. The molecule has 1 aliphatic rings. The molecule has 0 amide bonds. The molecule has 2 N–H and O–H groups in total. The maximum atomic E-state index is 9.27. The van der Waals surface area contributed by atoms with Gasteiger partial charge in [-0.1, -0.05) is 17.7 Å². The monoisotopic (exact) mass is 262 g/mol. The maximum Gasteiger partial charge on any atom is 0.0451 e. The minimum atomic E-state index is 0.114. The summed E-state index contributed by atoms with van der Waals surface area (Å²) in [5.74, 6) is 0. The summed E-state index contributed by atoms with van der Waals surface area (Å²) in [4.78, 5) is 2.46. The van der Waals surface area contributed by atoms with E-state index in [0.29, 0.717) is 6.04 Å². The zero-order chi connectivity index (χ0) is 14.0. The van der Waals surface area contributed by atoms with Crippen molar-refractivity contribution < 1.29 is 5.11 Å². The second-order valence-corrected chi connectivity index (χ2v) is 6.35. The fourth-order valence-electron chi connectivity index (χ4n) is 2.93. The van der Waals surface area contributed by atoms with Gasteiger partial charge < -0.3 is 15.3 Å². The second-order valence-electron chi connectivity index (χ2n) is 6.35. The van der Waals surface area contributed by atoms with Crippen LogP contribution in [0.1, 0.15) is 31.4 Å². The molecule has 2 rings (SSSR count). The number of benzene rings is 1. The molecule has 0 aromatic heterocycles. The molecule has 0 radical (unpaired) electrons. The predicted octanol–water partition coefficient (Wildman–Crippen LogP) is 2.24. The largest absolute Gasteiger partial charge is 0.396 e. The Morgan fingerprint density at radius 1 is 1.37 bits per heavy atom. The van der Waals surface area contributed by atoms with E-state index in [1.165, 1.54) is 16.8 Å². The first kappa shape index (κ1) is 14.4. The fraction of sp³-hybridized carbons (Fsp3) is 0.625. The number of aryl methyl sites for hydroxylation is 2. The van der Waals surface area contributed by atoms with Crippen molar-refractivity contribution in [3.8, 4) is 0 Å². The number of aliphatic hydroxyl groups excluding tert-OH is 1. The third-order valence-electron chi connectivity index (χ3n) is 3.95. The molecule has 1 heterocycles. The highest BCUT2D eigenvalue weighted by Gasteiger charge is 2.32. The van der Waals surface area contributed by atoms with Gasteiger partial charge in [-0.3, -0.25) is 0 Å². The summed E-state index contributed by atoms with van der Waals surface area (Å²) in [5.41, 5.74) is 4.04. The molecule has 0 spiro atoms. The Bertz CT molecular complexity index is 442. The van der Waals surface area contributed by atoms with Crippen LogP contribution in [0.15, 0.2) is 18.2 Å². The summed E-state index contributed by atoms with van der Waals surface area (Å²) >= 11 is 0. The van der Waals surface area contributed by atoms with E-state index >= 15 is 0 Å². The van der Waals surface area contributed by atoms with Crippen LogP contribution in [0.4, 0.5) is 5.69 Å².